The second-order valence-corrected chi connectivity index (χ2v) is 14.5. The number of rotatable bonds is 7. The van der Waals surface area contributed by atoms with E-state index >= 15 is 8.78 Å². The Hall–Kier alpha value is -2.55. The number of Topliss-reactive ketones (excluding diaryl/α,β-unsaturated/α-hetero) is 2. The van der Waals surface area contributed by atoms with E-state index in [-0.39, 0.29) is 12.0 Å². The fraction of sp³-hybridized carbons (Fsp3) is 0.727. The van der Waals surface area contributed by atoms with Gasteiger partial charge in [0.25, 0.3) is 5.92 Å². The molecule has 1 saturated heterocycles. The van der Waals surface area contributed by atoms with E-state index in [9.17, 15) is 39.9 Å². The largest absolute Gasteiger partial charge is 0.507 e. The molecule has 0 spiro atoms. The van der Waals surface area contributed by atoms with Crippen LogP contribution in [0.1, 0.15) is 74.9 Å². The van der Waals surface area contributed by atoms with Gasteiger partial charge in [-0.25, -0.2) is 8.78 Å². The molecule has 1 heterocycles. The molecule has 46 heavy (non-hydrogen) atoms. The highest BCUT2D eigenvalue weighted by Crippen LogP contribution is 2.68. The SMILES string of the molecule is CC(C)[C@H]1C(O)C(C(N)=O)C(=O)[C@]2(O)C(O)C3C(=O)c4c(ccc(C(F)(F)CCCN5CCOCC5)c4O)[C@@H](C)[C@]3(C)[C@@H](O)[C@]12C. The van der Waals surface area contributed by atoms with Crippen molar-refractivity contribution in [2.24, 2.45) is 40.2 Å². The number of benzene rings is 1. The van der Waals surface area contributed by atoms with Crippen molar-refractivity contribution in [1.82, 2.24) is 4.90 Å². The van der Waals surface area contributed by atoms with Crippen molar-refractivity contribution in [3.8, 4) is 5.75 Å². The van der Waals surface area contributed by atoms with Gasteiger partial charge in [0, 0.05) is 30.3 Å². The third kappa shape index (κ3) is 4.52. The molecule has 4 unspecified atom stereocenters. The van der Waals surface area contributed by atoms with Gasteiger partial charge in [0.15, 0.2) is 17.2 Å². The van der Waals surface area contributed by atoms with E-state index in [4.69, 9.17) is 10.5 Å². The fourth-order valence-electron chi connectivity index (χ4n) is 9.54. The molecule has 0 bridgehead atoms. The first-order valence-electron chi connectivity index (χ1n) is 16.0. The first-order chi connectivity index (χ1) is 21.3. The number of phenolic OH excluding ortho intramolecular Hbond substituents is 1. The first-order valence-corrected chi connectivity index (χ1v) is 16.0. The number of nitrogens with zero attached hydrogens (tertiary/aromatic N) is 1. The van der Waals surface area contributed by atoms with Gasteiger partial charge in [0.05, 0.1) is 42.5 Å². The number of aliphatic hydroxyl groups is 4. The van der Waals surface area contributed by atoms with Gasteiger partial charge in [-0.15, -0.1) is 0 Å². The number of hydrogen-bond donors (Lipinski definition) is 6. The minimum absolute atomic E-state index is 0.108. The maximum atomic E-state index is 15.6. The van der Waals surface area contributed by atoms with Crippen molar-refractivity contribution < 1.29 is 53.4 Å². The lowest BCUT2D eigenvalue weighted by Gasteiger charge is -2.69. The summed E-state index contributed by atoms with van der Waals surface area (Å²) in [4.78, 5) is 42.7. The van der Waals surface area contributed by atoms with Crippen molar-refractivity contribution in [3.63, 3.8) is 0 Å². The molecule has 3 fully saturated rings. The molecule has 10 atom stereocenters. The van der Waals surface area contributed by atoms with Crippen molar-refractivity contribution in [1.29, 1.82) is 0 Å². The number of aliphatic hydroxyl groups excluding tert-OH is 3. The molecule has 11 nitrogen and oxygen atoms in total. The van der Waals surface area contributed by atoms with Crippen LogP contribution in [0, 0.1) is 34.5 Å². The summed E-state index contributed by atoms with van der Waals surface area (Å²) in [6.45, 7) is 10.5. The number of hydrogen-bond acceptors (Lipinski definition) is 10. The van der Waals surface area contributed by atoms with Crippen LogP contribution >= 0.6 is 0 Å². The number of morpholine rings is 1. The lowest BCUT2D eigenvalue weighted by atomic mass is 9.36. The number of primary amides is 1. The molecule has 0 radical (unpaired) electrons. The molecule has 5 rings (SSSR count). The zero-order chi connectivity index (χ0) is 34.3. The normalized spacial score (nSPS) is 40.0. The number of carbonyl (C=O) groups is 3. The van der Waals surface area contributed by atoms with Crippen LogP contribution in [0.4, 0.5) is 8.78 Å². The van der Waals surface area contributed by atoms with Crippen molar-refractivity contribution in [2.75, 3.05) is 32.8 Å². The molecule has 13 heteroatoms. The lowest BCUT2D eigenvalue weighted by molar-refractivity contribution is -0.306. The smallest absolute Gasteiger partial charge is 0.276 e. The Morgan fingerprint density at radius 3 is 2.33 bits per heavy atom. The zero-order valence-corrected chi connectivity index (χ0v) is 26.9. The number of halogens is 2. The second-order valence-electron chi connectivity index (χ2n) is 14.5. The van der Waals surface area contributed by atoms with E-state index in [1.807, 2.05) is 4.90 Å². The van der Waals surface area contributed by atoms with Crippen molar-refractivity contribution in [3.05, 3.63) is 28.8 Å². The van der Waals surface area contributed by atoms with Crippen LogP contribution in [0.2, 0.25) is 0 Å². The Balaban J connectivity index is 1.60. The summed E-state index contributed by atoms with van der Waals surface area (Å²) in [5.74, 6) is -14.4. The third-order valence-electron chi connectivity index (χ3n) is 12.1. The summed E-state index contributed by atoms with van der Waals surface area (Å²) >= 11 is 0. The molecule has 1 aromatic rings. The standard InChI is InChI=1S/C33H46F2N2O9/c1-15(2)21-25(40)20(28(36)43)26(41)33(45)27(42)22-24(39)19-17(16(3)30(22,4)29(44)31(21,33)5)7-8-18(23(19)38)32(34,35)9-6-10-37-11-13-46-14-12-37/h7-8,15-16,20-22,25,27,29,38,40,42,44-45H,6,9-14H2,1-5H3,(H2,36,43)/t16-,20?,21+,22?,25?,27?,29-,30+,31+,33+/m1/s1. The summed E-state index contributed by atoms with van der Waals surface area (Å²) < 4.78 is 36.5. The maximum Gasteiger partial charge on any atom is 0.276 e. The fourth-order valence-corrected chi connectivity index (χ4v) is 9.54. The highest BCUT2D eigenvalue weighted by molar-refractivity contribution is 6.09. The Morgan fingerprint density at radius 2 is 1.76 bits per heavy atom. The van der Waals surface area contributed by atoms with E-state index in [2.05, 4.69) is 0 Å². The predicted octanol–water partition coefficient (Wildman–Crippen LogP) is 1.31. The summed E-state index contributed by atoms with van der Waals surface area (Å²) in [5, 5.41) is 59.1. The summed E-state index contributed by atoms with van der Waals surface area (Å²) in [5.41, 5.74) is -2.16. The van der Waals surface area contributed by atoms with Crippen LogP contribution in [0.3, 0.4) is 0 Å². The van der Waals surface area contributed by atoms with Crippen molar-refractivity contribution in [2.45, 2.75) is 83.2 Å². The number of ketones is 2. The van der Waals surface area contributed by atoms with Crippen LogP contribution in [-0.2, 0) is 20.2 Å². The second kappa shape index (κ2) is 11.6. The Kier molecular flexibility index (Phi) is 8.73. The molecule has 3 aliphatic carbocycles. The number of nitrogens with two attached hydrogens (primary N) is 1. The molecule has 0 aromatic heterocycles. The highest BCUT2D eigenvalue weighted by Gasteiger charge is 2.80. The maximum absolute atomic E-state index is 15.6. The lowest BCUT2D eigenvalue weighted by Crippen LogP contribution is -2.83. The van der Waals surface area contributed by atoms with Gasteiger partial charge < -0.3 is 36.0 Å². The Morgan fingerprint density at radius 1 is 1.15 bits per heavy atom. The molecule has 7 N–H and O–H groups in total. The quantitative estimate of drug-likeness (QED) is 0.234. The van der Waals surface area contributed by atoms with Crippen LogP contribution in [0.15, 0.2) is 12.1 Å². The Labute approximate surface area is 266 Å². The summed E-state index contributed by atoms with van der Waals surface area (Å²) in [6, 6.07) is 2.39. The van der Waals surface area contributed by atoms with E-state index in [1.165, 1.54) is 19.9 Å². The third-order valence-corrected chi connectivity index (χ3v) is 12.1. The van der Waals surface area contributed by atoms with Gasteiger partial charge in [-0.3, -0.25) is 19.3 Å². The van der Waals surface area contributed by atoms with Crippen molar-refractivity contribution >= 4 is 17.5 Å². The van der Waals surface area contributed by atoms with Gasteiger partial charge >= 0.3 is 0 Å². The van der Waals surface area contributed by atoms with E-state index in [1.54, 1.807) is 20.8 Å². The van der Waals surface area contributed by atoms with E-state index in [0.29, 0.717) is 32.8 Å². The minimum Gasteiger partial charge on any atom is -0.507 e. The number of aromatic hydroxyl groups is 1. The molecule has 2 saturated carbocycles. The summed E-state index contributed by atoms with van der Waals surface area (Å²) in [7, 11) is 0. The van der Waals surface area contributed by atoms with E-state index in [0.717, 1.165) is 6.07 Å². The number of alkyl halides is 2. The Bertz CT molecular complexity index is 1420. The molecule has 1 aliphatic heterocycles. The average molecular weight is 653 g/mol. The van der Waals surface area contributed by atoms with Gasteiger partial charge in [-0.05, 0) is 42.3 Å². The van der Waals surface area contributed by atoms with Crippen LogP contribution < -0.4 is 5.73 Å². The number of fused-ring (bicyclic) bond motifs is 3. The van der Waals surface area contributed by atoms with Gasteiger partial charge in [0.1, 0.15) is 17.8 Å². The molecule has 4 aliphatic rings. The number of amides is 1. The average Bonchev–Trinajstić information content (AvgIpc) is 2.97. The van der Waals surface area contributed by atoms with Gasteiger partial charge in [0.2, 0.25) is 5.91 Å². The van der Waals surface area contributed by atoms with Gasteiger partial charge in [-0.2, -0.15) is 0 Å². The first kappa shape index (κ1) is 34.8. The topological polar surface area (TPSA) is 191 Å². The summed E-state index contributed by atoms with van der Waals surface area (Å²) in [6.07, 6.45) is -6.21. The highest BCUT2D eigenvalue weighted by atomic mass is 19.3. The van der Waals surface area contributed by atoms with Crippen LogP contribution in [0.5, 0.6) is 5.75 Å². The number of phenols is 1. The number of ether oxygens (including phenoxy) is 1. The molecule has 1 aromatic carbocycles. The van der Waals surface area contributed by atoms with Crippen LogP contribution in [0.25, 0.3) is 0 Å². The number of carbonyl (C=O) groups excluding carboxylic acids is 3. The monoisotopic (exact) mass is 652 g/mol. The molecular formula is C33H46F2N2O9. The predicted molar refractivity (Wildman–Crippen MR) is 160 cm³/mol. The van der Waals surface area contributed by atoms with Gasteiger partial charge in [-0.1, -0.05) is 40.7 Å². The van der Waals surface area contributed by atoms with Crippen LogP contribution in [-0.4, -0.2) is 105 Å². The minimum atomic E-state index is -3.52. The zero-order valence-electron chi connectivity index (χ0n) is 26.9. The molecule has 256 valence electrons. The van der Waals surface area contributed by atoms with E-state index < -0.39 is 111 Å². The molecule has 1 amide bonds. The molecular weight excluding hydrogens is 606 g/mol.